The standard InChI is InChI=1S/C18H20N2O2S/c1-3-5-12-8-9-19-15-11-16(23-18(12)15)14-7-6-13(20-14)10-17(21)22-4-2/h6,8-9,11H,3-5,7,10H2,1-2H3. The highest BCUT2D eigenvalue weighted by Crippen LogP contribution is 2.31. The van der Waals surface area contributed by atoms with E-state index in [0.717, 1.165) is 41.1 Å². The second kappa shape index (κ2) is 7.04. The van der Waals surface area contributed by atoms with Gasteiger partial charge in [-0.25, -0.2) is 0 Å². The number of hydrogen-bond donors (Lipinski definition) is 0. The van der Waals surface area contributed by atoms with Crippen LogP contribution in [0.5, 0.6) is 0 Å². The van der Waals surface area contributed by atoms with E-state index in [-0.39, 0.29) is 12.4 Å². The monoisotopic (exact) mass is 328 g/mol. The minimum absolute atomic E-state index is 0.216. The van der Waals surface area contributed by atoms with Crippen LogP contribution in [0.15, 0.2) is 35.1 Å². The minimum atomic E-state index is -0.216. The van der Waals surface area contributed by atoms with Crippen molar-refractivity contribution in [3.8, 4) is 0 Å². The molecule has 0 aromatic carbocycles. The van der Waals surface area contributed by atoms with Gasteiger partial charge < -0.3 is 4.74 Å². The number of rotatable bonds is 6. The van der Waals surface area contributed by atoms with Gasteiger partial charge in [0.1, 0.15) is 0 Å². The van der Waals surface area contributed by atoms with Gasteiger partial charge in [-0.05, 0) is 31.0 Å². The Labute approximate surface area is 139 Å². The van der Waals surface area contributed by atoms with E-state index in [4.69, 9.17) is 4.74 Å². The summed E-state index contributed by atoms with van der Waals surface area (Å²) in [6.45, 7) is 4.41. The molecule has 1 aliphatic rings. The SMILES string of the molecule is CCCc1ccnc2cc(C3=NC(CC(=O)OCC)=CC3)sc12. The Balaban J connectivity index is 1.82. The van der Waals surface area contributed by atoms with Gasteiger partial charge in [0.15, 0.2) is 0 Å². The number of ether oxygens (including phenoxy) is 1. The van der Waals surface area contributed by atoms with Crippen molar-refractivity contribution in [3.05, 3.63) is 40.5 Å². The van der Waals surface area contributed by atoms with Crippen LogP contribution in [-0.2, 0) is 16.0 Å². The predicted octanol–water partition coefficient (Wildman–Crippen LogP) is 4.28. The van der Waals surface area contributed by atoms with Crippen molar-refractivity contribution in [1.29, 1.82) is 0 Å². The fourth-order valence-electron chi connectivity index (χ4n) is 2.71. The molecular weight excluding hydrogens is 308 g/mol. The van der Waals surface area contributed by atoms with Crippen molar-refractivity contribution in [2.75, 3.05) is 6.61 Å². The van der Waals surface area contributed by atoms with Crippen LogP contribution in [0.3, 0.4) is 0 Å². The molecule has 4 nitrogen and oxygen atoms in total. The summed E-state index contributed by atoms with van der Waals surface area (Å²) < 4.78 is 6.23. The fourth-order valence-corrected chi connectivity index (χ4v) is 3.86. The summed E-state index contributed by atoms with van der Waals surface area (Å²) >= 11 is 1.75. The average molecular weight is 328 g/mol. The third-order valence-corrected chi connectivity index (χ3v) is 4.99. The first-order valence-corrected chi connectivity index (χ1v) is 8.83. The maximum atomic E-state index is 11.6. The molecule has 0 bridgehead atoms. The Morgan fingerprint density at radius 3 is 3.04 bits per heavy atom. The first-order valence-electron chi connectivity index (χ1n) is 8.01. The zero-order valence-electron chi connectivity index (χ0n) is 13.5. The molecule has 0 saturated carbocycles. The summed E-state index contributed by atoms with van der Waals surface area (Å²) in [4.78, 5) is 21.8. The Morgan fingerprint density at radius 2 is 2.26 bits per heavy atom. The zero-order chi connectivity index (χ0) is 16.2. The first-order chi connectivity index (χ1) is 11.2. The number of nitrogens with zero attached hydrogens (tertiary/aromatic N) is 2. The van der Waals surface area contributed by atoms with E-state index >= 15 is 0 Å². The lowest BCUT2D eigenvalue weighted by atomic mass is 10.1. The third-order valence-electron chi connectivity index (χ3n) is 3.74. The zero-order valence-corrected chi connectivity index (χ0v) is 14.3. The molecule has 1 aliphatic heterocycles. The van der Waals surface area contributed by atoms with E-state index in [9.17, 15) is 4.79 Å². The van der Waals surface area contributed by atoms with Crippen molar-refractivity contribution in [2.45, 2.75) is 39.5 Å². The minimum Gasteiger partial charge on any atom is -0.466 e. The number of carbonyl (C=O) groups excluding carboxylic acids is 1. The molecule has 3 heterocycles. The number of allylic oxidation sites excluding steroid dienone is 1. The lowest BCUT2D eigenvalue weighted by molar-refractivity contribution is -0.142. The fraction of sp³-hybridized carbons (Fsp3) is 0.389. The molecule has 23 heavy (non-hydrogen) atoms. The Hall–Kier alpha value is -2.01. The van der Waals surface area contributed by atoms with Crippen LogP contribution < -0.4 is 0 Å². The van der Waals surface area contributed by atoms with Gasteiger partial charge in [-0.15, -0.1) is 11.3 Å². The summed E-state index contributed by atoms with van der Waals surface area (Å²) in [6.07, 6.45) is 7.10. The molecule has 0 saturated heterocycles. The molecule has 5 heteroatoms. The molecule has 0 spiro atoms. The average Bonchev–Trinajstić information content (AvgIpc) is 3.14. The van der Waals surface area contributed by atoms with Crippen molar-refractivity contribution in [3.63, 3.8) is 0 Å². The van der Waals surface area contributed by atoms with Crippen LogP contribution in [0.1, 0.15) is 43.6 Å². The molecular formula is C18H20N2O2S. The van der Waals surface area contributed by atoms with Gasteiger partial charge >= 0.3 is 5.97 Å². The molecule has 120 valence electrons. The number of aromatic nitrogens is 1. The quantitative estimate of drug-likeness (QED) is 0.744. The topological polar surface area (TPSA) is 51.5 Å². The Morgan fingerprint density at radius 1 is 1.39 bits per heavy atom. The highest BCUT2D eigenvalue weighted by Gasteiger charge is 2.17. The van der Waals surface area contributed by atoms with E-state index in [0.29, 0.717) is 6.61 Å². The van der Waals surface area contributed by atoms with E-state index in [2.05, 4.69) is 29.0 Å². The van der Waals surface area contributed by atoms with Crippen molar-refractivity contribution in [1.82, 2.24) is 4.98 Å². The maximum absolute atomic E-state index is 11.6. The largest absolute Gasteiger partial charge is 0.466 e. The second-order valence-corrected chi connectivity index (χ2v) is 6.54. The number of aliphatic imine (C=N–C) groups is 1. The van der Waals surface area contributed by atoms with Gasteiger partial charge in [0, 0.05) is 18.3 Å². The number of aryl methyl sites for hydroxylation is 1. The first kappa shape index (κ1) is 15.9. The van der Waals surface area contributed by atoms with Crippen LogP contribution in [0, 0.1) is 0 Å². The van der Waals surface area contributed by atoms with Crippen LogP contribution >= 0.6 is 11.3 Å². The van der Waals surface area contributed by atoms with Crippen molar-refractivity contribution in [2.24, 2.45) is 4.99 Å². The van der Waals surface area contributed by atoms with Crippen molar-refractivity contribution >= 4 is 33.2 Å². The number of carbonyl (C=O) groups is 1. The van der Waals surface area contributed by atoms with E-state index in [1.807, 2.05) is 19.2 Å². The van der Waals surface area contributed by atoms with Gasteiger partial charge in [0.2, 0.25) is 0 Å². The normalized spacial score (nSPS) is 14.0. The van der Waals surface area contributed by atoms with E-state index < -0.39 is 0 Å². The molecule has 2 aromatic heterocycles. The van der Waals surface area contributed by atoms with Crippen LogP contribution in [0.25, 0.3) is 10.2 Å². The summed E-state index contributed by atoms with van der Waals surface area (Å²) in [5.74, 6) is -0.216. The summed E-state index contributed by atoms with van der Waals surface area (Å²) in [7, 11) is 0. The predicted molar refractivity (Wildman–Crippen MR) is 94.1 cm³/mol. The Bertz CT molecular complexity index is 789. The third kappa shape index (κ3) is 3.50. The van der Waals surface area contributed by atoms with Gasteiger partial charge in [-0.3, -0.25) is 14.8 Å². The van der Waals surface area contributed by atoms with Crippen molar-refractivity contribution < 1.29 is 9.53 Å². The number of thiophene rings is 1. The molecule has 3 rings (SSSR count). The maximum Gasteiger partial charge on any atom is 0.311 e. The number of fused-ring (bicyclic) bond motifs is 1. The van der Waals surface area contributed by atoms with Crippen LogP contribution in [0.4, 0.5) is 0 Å². The molecule has 0 unspecified atom stereocenters. The summed E-state index contributed by atoms with van der Waals surface area (Å²) in [6, 6.07) is 4.21. The molecule has 0 aliphatic carbocycles. The van der Waals surface area contributed by atoms with Crippen LogP contribution in [-0.4, -0.2) is 23.3 Å². The smallest absolute Gasteiger partial charge is 0.311 e. The summed E-state index contributed by atoms with van der Waals surface area (Å²) in [5.41, 5.74) is 4.22. The molecule has 0 atom stereocenters. The summed E-state index contributed by atoms with van der Waals surface area (Å²) in [5, 5.41) is 0. The highest BCUT2D eigenvalue weighted by atomic mass is 32.1. The second-order valence-electron chi connectivity index (χ2n) is 5.48. The Kier molecular flexibility index (Phi) is 4.86. The van der Waals surface area contributed by atoms with E-state index in [1.54, 1.807) is 11.3 Å². The van der Waals surface area contributed by atoms with Gasteiger partial charge in [0.05, 0.1) is 33.8 Å². The number of hydrogen-bond acceptors (Lipinski definition) is 5. The number of esters is 1. The van der Waals surface area contributed by atoms with Gasteiger partial charge in [-0.2, -0.15) is 0 Å². The molecule has 0 amide bonds. The molecule has 0 fully saturated rings. The van der Waals surface area contributed by atoms with Crippen LogP contribution in [0.2, 0.25) is 0 Å². The van der Waals surface area contributed by atoms with Gasteiger partial charge in [0.25, 0.3) is 0 Å². The molecule has 0 radical (unpaired) electrons. The molecule has 0 N–H and O–H groups in total. The highest BCUT2D eigenvalue weighted by molar-refractivity contribution is 7.21. The lowest BCUT2D eigenvalue weighted by Gasteiger charge is -2.00. The van der Waals surface area contributed by atoms with Gasteiger partial charge in [-0.1, -0.05) is 19.4 Å². The molecule has 2 aromatic rings. The lowest BCUT2D eigenvalue weighted by Crippen LogP contribution is -2.03. The number of pyridine rings is 1. The van der Waals surface area contributed by atoms with E-state index in [1.165, 1.54) is 10.3 Å².